The molecule has 0 bridgehead atoms. The van der Waals surface area contributed by atoms with Gasteiger partial charge in [0, 0.05) is 16.9 Å². The van der Waals surface area contributed by atoms with Crippen molar-refractivity contribution < 1.29 is 9.26 Å². The van der Waals surface area contributed by atoms with E-state index in [9.17, 15) is 0 Å². The normalized spacial score (nSPS) is 15.9. The lowest BCUT2D eigenvalue weighted by Gasteiger charge is -2.37. The van der Waals surface area contributed by atoms with Gasteiger partial charge in [-0.1, -0.05) is 65.8 Å². The number of aromatic nitrogens is 2. The van der Waals surface area contributed by atoms with E-state index in [4.69, 9.17) is 26.5 Å². The van der Waals surface area contributed by atoms with Crippen LogP contribution in [-0.2, 0) is 0 Å². The fourth-order valence-corrected chi connectivity index (χ4v) is 4.48. The summed E-state index contributed by atoms with van der Waals surface area (Å²) in [6.45, 7) is 4.61. The summed E-state index contributed by atoms with van der Waals surface area (Å²) in [7, 11) is 0. The third-order valence-corrected chi connectivity index (χ3v) is 6.01. The SMILES string of the molecule is CCOc1ccc(N2C(=S)NC(c3ccccc3)C(c3nc(-c4ccccc4)no3)=C2C)cc1. The summed E-state index contributed by atoms with van der Waals surface area (Å²) in [5.41, 5.74) is 4.68. The molecule has 0 saturated carbocycles. The Bertz CT molecular complexity index is 1320. The summed E-state index contributed by atoms with van der Waals surface area (Å²) in [6, 6.07) is 27.6. The average Bonchev–Trinajstić information content (AvgIpc) is 3.36. The molecule has 1 aliphatic rings. The van der Waals surface area contributed by atoms with Gasteiger partial charge in [0.2, 0.25) is 5.82 Å². The zero-order chi connectivity index (χ0) is 23.5. The molecule has 1 atom stereocenters. The van der Waals surface area contributed by atoms with E-state index < -0.39 is 0 Å². The number of hydrogen-bond donors (Lipinski definition) is 1. The molecule has 1 aromatic heterocycles. The summed E-state index contributed by atoms with van der Waals surface area (Å²) in [4.78, 5) is 6.75. The average molecular weight is 469 g/mol. The number of benzene rings is 3. The van der Waals surface area contributed by atoms with Gasteiger partial charge in [-0.2, -0.15) is 4.98 Å². The lowest BCUT2D eigenvalue weighted by molar-refractivity contribution is 0.340. The predicted molar refractivity (Wildman–Crippen MR) is 137 cm³/mol. The van der Waals surface area contributed by atoms with Gasteiger partial charge in [-0.3, -0.25) is 4.90 Å². The van der Waals surface area contributed by atoms with Crippen molar-refractivity contribution in [3.8, 4) is 17.1 Å². The van der Waals surface area contributed by atoms with Crippen LogP contribution in [-0.4, -0.2) is 21.9 Å². The minimum Gasteiger partial charge on any atom is -0.494 e. The van der Waals surface area contributed by atoms with Gasteiger partial charge in [-0.15, -0.1) is 0 Å². The summed E-state index contributed by atoms with van der Waals surface area (Å²) in [5.74, 6) is 1.81. The monoisotopic (exact) mass is 468 g/mol. The van der Waals surface area contributed by atoms with E-state index in [1.165, 1.54) is 0 Å². The summed E-state index contributed by atoms with van der Waals surface area (Å²) in [5, 5.41) is 8.35. The molecule has 5 rings (SSSR count). The first-order chi connectivity index (χ1) is 16.7. The summed E-state index contributed by atoms with van der Waals surface area (Å²) >= 11 is 5.81. The van der Waals surface area contributed by atoms with Crippen molar-refractivity contribution in [2.75, 3.05) is 11.5 Å². The first-order valence-corrected chi connectivity index (χ1v) is 11.5. The van der Waals surface area contributed by atoms with Crippen LogP contribution in [0, 0.1) is 0 Å². The lowest BCUT2D eigenvalue weighted by atomic mass is 9.94. The van der Waals surface area contributed by atoms with E-state index in [-0.39, 0.29) is 6.04 Å². The maximum atomic E-state index is 5.81. The molecular formula is C27H24N4O2S. The molecule has 6 nitrogen and oxygen atoms in total. The van der Waals surface area contributed by atoms with Crippen LogP contribution in [0.5, 0.6) is 5.75 Å². The third kappa shape index (κ3) is 4.18. The highest BCUT2D eigenvalue weighted by molar-refractivity contribution is 7.80. The van der Waals surface area contributed by atoms with Crippen molar-refractivity contribution in [2.45, 2.75) is 19.9 Å². The van der Waals surface area contributed by atoms with Crippen LogP contribution in [0.1, 0.15) is 31.3 Å². The molecular weight excluding hydrogens is 444 g/mol. The van der Waals surface area contributed by atoms with Gasteiger partial charge in [0.05, 0.1) is 18.2 Å². The maximum absolute atomic E-state index is 5.81. The molecule has 0 fully saturated rings. The number of thiocarbonyl (C=S) groups is 1. The summed E-state index contributed by atoms with van der Waals surface area (Å²) in [6.07, 6.45) is 0. The smallest absolute Gasteiger partial charge is 0.258 e. The van der Waals surface area contributed by atoms with Gasteiger partial charge in [-0.25, -0.2) is 0 Å². The van der Waals surface area contributed by atoms with E-state index in [0.717, 1.165) is 33.8 Å². The highest BCUT2D eigenvalue weighted by Gasteiger charge is 2.34. The Morgan fingerprint density at radius 2 is 1.65 bits per heavy atom. The molecule has 34 heavy (non-hydrogen) atoms. The van der Waals surface area contributed by atoms with Crippen molar-refractivity contribution in [2.24, 2.45) is 0 Å². The molecule has 0 radical (unpaired) electrons. The molecule has 7 heteroatoms. The maximum Gasteiger partial charge on any atom is 0.258 e. The Balaban J connectivity index is 1.61. The van der Waals surface area contributed by atoms with Gasteiger partial charge < -0.3 is 14.6 Å². The fourth-order valence-electron chi connectivity index (χ4n) is 4.12. The molecule has 1 N–H and O–H groups in total. The molecule has 1 aliphatic heterocycles. The van der Waals surface area contributed by atoms with Gasteiger partial charge in [0.15, 0.2) is 5.11 Å². The zero-order valence-electron chi connectivity index (χ0n) is 18.9. The van der Waals surface area contributed by atoms with Gasteiger partial charge in [0.25, 0.3) is 5.89 Å². The largest absolute Gasteiger partial charge is 0.494 e. The van der Waals surface area contributed by atoms with Crippen molar-refractivity contribution in [1.82, 2.24) is 15.5 Å². The Morgan fingerprint density at radius 3 is 2.32 bits per heavy atom. The van der Waals surface area contributed by atoms with Crippen molar-refractivity contribution >= 4 is 28.6 Å². The zero-order valence-corrected chi connectivity index (χ0v) is 19.8. The Kier molecular flexibility index (Phi) is 6.10. The van der Waals surface area contributed by atoms with Gasteiger partial charge in [0.1, 0.15) is 5.75 Å². The van der Waals surface area contributed by atoms with Crippen LogP contribution in [0.15, 0.2) is 95.1 Å². The number of nitrogens with one attached hydrogen (secondary N) is 1. The number of anilines is 1. The van der Waals surface area contributed by atoms with E-state index in [1.807, 2.05) is 91.5 Å². The number of allylic oxidation sites excluding steroid dienone is 1. The van der Waals surface area contributed by atoms with Crippen LogP contribution in [0.3, 0.4) is 0 Å². The van der Waals surface area contributed by atoms with Crippen LogP contribution in [0.25, 0.3) is 17.0 Å². The molecule has 0 saturated heterocycles. The van der Waals surface area contributed by atoms with Crippen molar-refractivity contribution in [1.29, 1.82) is 0 Å². The number of rotatable bonds is 6. The number of nitrogens with zero attached hydrogens (tertiary/aromatic N) is 3. The molecule has 170 valence electrons. The molecule has 1 unspecified atom stereocenters. The first kappa shape index (κ1) is 21.9. The van der Waals surface area contributed by atoms with Crippen LogP contribution >= 0.6 is 12.2 Å². The minimum atomic E-state index is -0.225. The van der Waals surface area contributed by atoms with Crippen LogP contribution in [0.4, 0.5) is 5.69 Å². The van der Waals surface area contributed by atoms with E-state index in [1.54, 1.807) is 0 Å². The molecule has 4 aromatic rings. The molecule has 0 aliphatic carbocycles. The molecule has 2 heterocycles. The van der Waals surface area contributed by atoms with Crippen LogP contribution < -0.4 is 15.0 Å². The Labute approximate surface area is 203 Å². The van der Waals surface area contributed by atoms with Gasteiger partial charge >= 0.3 is 0 Å². The highest BCUT2D eigenvalue weighted by Crippen LogP contribution is 2.39. The van der Waals surface area contributed by atoms with E-state index in [0.29, 0.717) is 23.4 Å². The van der Waals surface area contributed by atoms with Gasteiger partial charge in [-0.05, 0) is 55.9 Å². The van der Waals surface area contributed by atoms with E-state index in [2.05, 4.69) is 22.6 Å². The van der Waals surface area contributed by atoms with Crippen molar-refractivity contribution in [3.63, 3.8) is 0 Å². The number of ether oxygens (including phenoxy) is 1. The minimum absolute atomic E-state index is 0.225. The number of hydrogen-bond acceptors (Lipinski definition) is 5. The molecule has 0 spiro atoms. The van der Waals surface area contributed by atoms with E-state index >= 15 is 0 Å². The van der Waals surface area contributed by atoms with Crippen LogP contribution in [0.2, 0.25) is 0 Å². The molecule has 0 amide bonds. The predicted octanol–water partition coefficient (Wildman–Crippen LogP) is 6.00. The Hall–Kier alpha value is -3.97. The summed E-state index contributed by atoms with van der Waals surface area (Å²) < 4.78 is 11.4. The molecule has 3 aromatic carbocycles. The fraction of sp³-hybridized carbons (Fsp3) is 0.148. The second kappa shape index (κ2) is 9.49. The van der Waals surface area contributed by atoms with Crippen molar-refractivity contribution in [3.05, 3.63) is 102 Å². The Morgan fingerprint density at radius 1 is 0.971 bits per heavy atom. The topological polar surface area (TPSA) is 63.4 Å². The lowest BCUT2D eigenvalue weighted by Crippen LogP contribution is -2.46. The second-order valence-electron chi connectivity index (χ2n) is 7.84. The third-order valence-electron chi connectivity index (χ3n) is 5.71. The highest BCUT2D eigenvalue weighted by atomic mass is 32.1. The first-order valence-electron chi connectivity index (χ1n) is 11.1. The second-order valence-corrected chi connectivity index (χ2v) is 8.23. The standard InChI is InChI=1S/C27H24N4O2S/c1-3-32-22-16-14-21(15-17-22)31-18(2)23(24(28-27(31)34)19-10-6-4-7-11-19)26-29-25(30-33-26)20-12-8-5-9-13-20/h4-17,24H,3H2,1-2H3,(H,28,34). The quantitative estimate of drug-likeness (QED) is 0.348.